The lowest BCUT2D eigenvalue weighted by molar-refractivity contribution is -0.145. The van der Waals surface area contributed by atoms with E-state index < -0.39 is 18.7 Å². The minimum Gasteiger partial charge on any atom is -0.479 e. The summed E-state index contributed by atoms with van der Waals surface area (Å²) >= 11 is 0. The number of ether oxygens (including phenoxy) is 1. The third-order valence-corrected chi connectivity index (χ3v) is 2.73. The van der Waals surface area contributed by atoms with Crippen LogP contribution in [0.25, 0.3) is 0 Å². The maximum atomic E-state index is 12.7. The molecule has 100 valence electrons. The maximum Gasteiger partial charge on any atom is 0.344 e. The van der Waals surface area contributed by atoms with E-state index in [1.54, 1.807) is 24.3 Å². The molecule has 0 saturated carbocycles. The molecule has 0 radical (unpaired) electrons. The van der Waals surface area contributed by atoms with Gasteiger partial charge in [-0.1, -0.05) is 38.0 Å². The maximum absolute atomic E-state index is 12.7. The van der Waals surface area contributed by atoms with Crippen molar-refractivity contribution >= 4 is 5.97 Å². The Kier molecular flexibility index (Phi) is 6.19. The van der Waals surface area contributed by atoms with Gasteiger partial charge in [0.05, 0.1) is 0 Å². The number of carbonyl (C=O) groups is 1. The molecule has 0 aromatic heterocycles. The van der Waals surface area contributed by atoms with Crippen LogP contribution < -0.4 is 4.74 Å². The van der Waals surface area contributed by atoms with E-state index in [0.29, 0.717) is 17.7 Å². The molecule has 0 heterocycles. The molecule has 0 fully saturated rings. The molecule has 0 amide bonds. The van der Waals surface area contributed by atoms with E-state index in [1.807, 2.05) is 0 Å². The van der Waals surface area contributed by atoms with Crippen LogP contribution in [-0.4, -0.2) is 17.2 Å². The highest BCUT2D eigenvalue weighted by atomic mass is 19.1. The van der Waals surface area contributed by atoms with E-state index in [-0.39, 0.29) is 0 Å². The second kappa shape index (κ2) is 7.69. The minimum absolute atomic E-state index is 0.323. The molecule has 4 heteroatoms. The lowest BCUT2D eigenvalue weighted by Gasteiger charge is -2.16. The van der Waals surface area contributed by atoms with Gasteiger partial charge < -0.3 is 9.84 Å². The molecular formula is C14H19FO3. The normalized spacial score (nSPS) is 12.1. The van der Waals surface area contributed by atoms with Crippen LogP contribution in [0.2, 0.25) is 0 Å². The van der Waals surface area contributed by atoms with E-state index in [2.05, 4.69) is 6.92 Å². The van der Waals surface area contributed by atoms with Crippen molar-refractivity contribution in [2.45, 2.75) is 45.4 Å². The van der Waals surface area contributed by atoms with Crippen LogP contribution >= 0.6 is 0 Å². The molecule has 18 heavy (non-hydrogen) atoms. The number of para-hydroxylation sites is 1. The predicted molar refractivity (Wildman–Crippen MR) is 67.4 cm³/mol. The molecule has 1 aromatic carbocycles. The number of carboxylic acid groups (broad SMARTS) is 1. The van der Waals surface area contributed by atoms with Gasteiger partial charge in [0.2, 0.25) is 0 Å². The van der Waals surface area contributed by atoms with E-state index in [1.165, 1.54) is 0 Å². The van der Waals surface area contributed by atoms with Gasteiger partial charge in [0.1, 0.15) is 12.4 Å². The fourth-order valence-electron chi connectivity index (χ4n) is 1.70. The summed E-state index contributed by atoms with van der Waals surface area (Å²) in [5.74, 6) is -0.677. The summed E-state index contributed by atoms with van der Waals surface area (Å²) < 4.78 is 18.1. The molecule has 1 aromatic rings. The lowest BCUT2D eigenvalue weighted by Crippen LogP contribution is -2.27. The highest BCUT2D eigenvalue weighted by Gasteiger charge is 2.19. The predicted octanol–water partition coefficient (Wildman–Crippen LogP) is 3.57. The number of hydrogen-bond acceptors (Lipinski definition) is 2. The van der Waals surface area contributed by atoms with Gasteiger partial charge in [-0.05, 0) is 18.9 Å². The Morgan fingerprint density at radius 3 is 2.72 bits per heavy atom. The molecule has 1 N–H and O–H groups in total. The van der Waals surface area contributed by atoms with E-state index in [0.717, 1.165) is 19.3 Å². The number of benzene rings is 1. The minimum atomic E-state index is -1.00. The zero-order valence-electron chi connectivity index (χ0n) is 10.6. The van der Waals surface area contributed by atoms with E-state index in [4.69, 9.17) is 9.84 Å². The fraction of sp³-hybridized carbons (Fsp3) is 0.500. The molecule has 0 bridgehead atoms. The van der Waals surface area contributed by atoms with Gasteiger partial charge in [-0.3, -0.25) is 0 Å². The standard InChI is InChI=1S/C14H19FO3/c1-2-3-4-9-13(14(16)17)18-12-8-6-5-7-11(12)10-15/h5-8,13H,2-4,9-10H2,1H3,(H,16,17). The lowest BCUT2D eigenvalue weighted by atomic mass is 10.1. The number of unbranched alkanes of at least 4 members (excludes halogenated alkanes) is 2. The third kappa shape index (κ3) is 4.35. The molecular weight excluding hydrogens is 235 g/mol. The molecule has 1 atom stereocenters. The van der Waals surface area contributed by atoms with Gasteiger partial charge >= 0.3 is 5.97 Å². The summed E-state index contributed by atoms with van der Waals surface area (Å²) in [6.07, 6.45) is 2.34. The van der Waals surface area contributed by atoms with Gasteiger partial charge in [0, 0.05) is 5.56 Å². The first kappa shape index (κ1) is 14.5. The molecule has 1 rings (SSSR count). The van der Waals surface area contributed by atoms with Crippen molar-refractivity contribution < 1.29 is 19.0 Å². The average molecular weight is 254 g/mol. The SMILES string of the molecule is CCCCCC(Oc1ccccc1CF)C(=O)O. The van der Waals surface area contributed by atoms with Gasteiger partial charge in [0.15, 0.2) is 6.10 Å². The van der Waals surface area contributed by atoms with Crippen molar-refractivity contribution in [2.24, 2.45) is 0 Å². The molecule has 0 spiro atoms. The zero-order chi connectivity index (χ0) is 13.4. The highest BCUT2D eigenvalue weighted by Crippen LogP contribution is 2.21. The van der Waals surface area contributed by atoms with Crippen LogP contribution in [0.3, 0.4) is 0 Å². The van der Waals surface area contributed by atoms with Crippen molar-refractivity contribution in [3.8, 4) is 5.75 Å². The topological polar surface area (TPSA) is 46.5 Å². The Hall–Kier alpha value is -1.58. The van der Waals surface area contributed by atoms with Gasteiger partial charge in [0.25, 0.3) is 0 Å². The Bertz CT molecular complexity index is 379. The quantitative estimate of drug-likeness (QED) is 0.721. The largest absolute Gasteiger partial charge is 0.479 e. The summed E-state index contributed by atoms with van der Waals surface area (Å²) in [4.78, 5) is 11.1. The van der Waals surface area contributed by atoms with Gasteiger partial charge in [-0.25, -0.2) is 9.18 Å². The zero-order valence-corrected chi connectivity index (χ0v) is 10.6. The number of rotatable bonds is 8. The third-order valence-electron chi connectivity index (χ3n) is 2.73. The second-order valence-electron chi connectivity index (χ2n) is 4.18. The summed E-state index contributed by atoms with van der Waals surface area (Å²) in [7, 11) is 0. The van der Waals surface area contributed by atoms with Crippen LogP contribution in [0.15, 0.2) is 24.3 Å². The van der Waals surface area contributed by atoms with Crippen LogP contribution in [0.1, 0.15) is 38.2 Å². The van der Waals surface area contributed by atoms with Crippen molar-refractivity contribution in [3.63, 3.8) is 0 Å². The van der Waals surface area contributed by atoms with Crippen molar-refractivity contribution in [1.82, 2.24) is 0 Å². The van der Waals surface area contributed by atoms with Crippen molar-refractivity contribution in [3.05, 3.63) is 29.8 Å². The Balaban J connectivity index is 2.67. The summed E-state index contributed by atoms with van der Waals surface area (Å²) in [5.41, 5.74) is 0.388. The van der Waals surface area contributed by atoms with Crippen LogP contribution in [0.4, 0.5) is 4.39 Å². The number of halogens is 1. The molecule has 3 nitrogen and oxygen atoms in total. The average Bonchev–Trinajstić information content (AvgIpc) is 2.38. The number of hydrogen-bond donors (Lipinski definition) is 1. The van der Waals surface area contributed by atoms with Crippen LogP contribution in [0, 0.1) is 0 Å². The molecule has 0 aliphatic heterocycles. The molecule has 0 aliphatic rings. The molecule has 0 aliphatic carbocycles. The van der Waals surface area contributed by atoms with Crippen molar-refractivity contribution in [2.75, 3.05) is 0 Å². The monoisotopic (exact) mass is 254 g/mol. The molecule has 1 unspecified atom stereocenters. The first-order valence-corrected chi connectivity index (χ1v) is 6.22. The van der Waals surface area contributed by atoms with Crippen LogP contribution in [0.5, 0.6) is 5.75 Å². The smallest absolute Gasteiger partial charge is 0.344 e. The van der Waals surface area contributed by atoms with Gasteiger partial charge in [-0.15, -0.1) is 0 Å². The first-order valence-electron chi connectivity index (χ1n) is 6.22. The first-order chi connectivity index (χ1) is 8.69. The number of aliphatic carboxylic acids is 1. The number of carboxylic acids is 1. The second-order valence-corrected chi connectivity index (χ2v) is 4.18. The molecule has 0 saturated heterocycles. The number of alkyl halides is 1. The summed E-state index contributed by atoms with van der Waals surface area (Å²) in [6.45, 7) is 1.40. The highest BCUT2D eigenvalue weighted by molar-refractivity contribution is 5.72. The van der Waals surface area contributed by atoms with Crippen molar-refractivity contribution in [1.29, 1.82) is 0 Å². The van der Waals surface area contributed by atoms with E-state index in [9.17, 15) is 9.18 Å². The van der Waals surface area contributed by atoms with Gasteiger partial charge in [-0.2, -0.15) is 0 Å². The Morgan fingerprint density at radius 1 is 1.39 bits per heavy atom. The summed E-state index contributed by atoms with van der Waals surface area (Å²) in [6, 6.07) is 6.61. The van der Waals surface area contributed by atoms with Crippen LogP contribution in [-0.2, 0) is 11.5 Å². The Labute approximate surface area is 107 Å². The Morgan fingerprint density at radius 2 is 2.11 bits per heavy atom. The fourth-order valence-corrected chi connectivity index (χ4v) is 1.70. The summed E-state index contributed by atoms with van der Waals surface area (Å²) in [5, 5.41) is 9.08. The van der Waals surface area contributed by atoms with E-state index >= 15 is 0 Å².